The Morgan fingerprint density at radius 1 is 1.38 bits per heavy atom. The van der Waals surface area contributed by atoms with Gasteiger partial charge in [0.25, 0.3) is 5.91 Å². The highest BCUT2D eigenvalue weighted by Crippen LogP contribution is 2.27. The van der Waals surface area contributed by atoms with Gasteiger partial charge in [-0.15, -0.1) is 0 Å². The predicted octanol–water partition coefficient (Wildman–Crippen LogP) is 3.65. The van der Waals surface area contributed by atoms with Gasteiger partial charge in [0.05, 0.1) is 5.02 Å². The highest BCUT2D eigenvalue weighted by molar-refractivity contribution is 6.32. The number of fused-ring (bicyclic) bond motifs is 1. The Bertz CT molecular complexity index is 878. The predicted molar refractivity (Wildman–Crippen MR) is 90.4 cm³/mol. The Morgan fingerprint density at radius 3 is 2.92 bits per heavy atom. The molecule has 0 radical (unpaired) electrons. The van der Waals surface area contributed by atoms with Gasteiger partial charge in [-0.2, -0.15) is 0 Å². The normalized spacial score (nSPS) is 10.8. The second-order valence-electron chi connectivity index (χ2n) is 5.14. The van der Waals surface area contributed by atoms with Gasteiger partial charge in [0.2, 0.25) is 0 Å². The summed E-state index contributed by atoms with van der Waals surface area (Å²) in [5, 5.41) is 11.5. The minimum absolute atomic E-state index is 0.173. The van der Waals surface area contributed by atoms with Crippen molar-refractivity contribution in [2.45, 2.75) is 13.5 Å². The molecule has 24 heavy (non-hydrogen) atoms. The van der Waals surface area contributed by atoms with Crippen LogP contribution in [-0.2, 0) is 6.61 Å². The van der Waals surface area contributed by atoms with Crippen LogP contribution < -0.4 is 4.74 Å². The number of amides is 1. The fraction of sp³-hybridized carbons (Fsp3) is 0.176. The van der Waals surface area contributed by atoms with E-state index in [-0.39, 0.29) is 18.8 Å². The summed E-state index contributed by atoms with van der Waals surface area (Å²) in [6, 6.07) is 8.93. The van der Waals surface area contributed by atoms with E-state index in [1.54, 1.807) is 31.3 Å². The maximum atomic E-state index is 12.3. The fourth-order valence-electron chi connectivity index (χ4n) is 2.40. The number of nitrogens with zero attached hydrogens (tertiary/aromatic N) is 2. The number of carbonyl (C=O) groups is 1. The maximum absolute atomic E-state index is 12.3. The first kappa shape index (κ1) is 16.3. The van der Waals surface area contributed by atoms with Gasteiger partial charge >= 0.3 is 0 Å². The first-order valence-corrected chi connectivity index (χ1v) is 7.82. The monoisotopic (exact) mass is 345 g/mol. The molecule has 2 heterocycles. The molecule has 0 saturated carbocycles. The lowest BCUT2D eigenvalue weighted by molar-refractivity contribution is -0.0544. The average molecular weight is 346 g/mol. The van der Waals surface area contributed by atoms with Crippen molar-refractivity contribution in [3.63, 3.8) is 0 Å². The number of halogens is 1. The second kappa shape index (κ2) is 6.90. The third kappa shape index (κ3) is 3.06. The Hall–Kier alpha value is -2.57. The summed E-state index contributed by atoms with van der Waals surface area (Å²) in [4.78, 5) is 19.5. The first-order valence-electron chi connectivity index (χ1n) is 7.44. The topological polar surface area (TPSA) is 78.5 Å². The summed E-state index contributed by atoms with van der Waals surface area (Å²) in [5.41, 5.74) is 1.68. The number of benzene rings is 1. The number of H-pyrrole nitrogens is 1. The number of hydroxylamine groups is 2. The molecule has 0 saturated heterocycles. The Morgan fingerprint density at radius 2 is 2.17 bits per heavy atom. The van der Waals surface area contributed by atoms with Crippen molar-refractivity contribution in [2.24, 2.45) is 0 Å². The van der Waals surface area contributed by atoms with E-state index >= 15 is 0 Å². The standard InChI is InChI=1S/C17H16ClN3O3/c1-2-21(23)17(22)16-15-11(9-20-13(15)7-8-19-16)10-24-14-6-4-3-5-12(14)18/h3-9,20,23H,2,10H2,1H3. The molecule has 2 aromatic heterocycles. The van der Waals surface area contributed by atoms with E-state index in [1.807, 2.05) is 12.1 Å². The van der Waals surface area contributed by atoms with Crippen molar-refractivity contribution in [3.05, 3.63) is 59.0 Å². The lowest BCUT2D eigenvalue weighted by atomic mass is 10.1. The van der Waals surface area contributed by atoms with E-state index in [0.717, 1.165) is 11.1 Å². The highest BCUT2D eigenvalue weighted by Gasteiger charge is 2.20. The molecule has 6 nitrogen and oxygen atoms in total. The third-order valence-corrected chi connectivity index (χ3v) is 3.94. The second-order valence-corrected chi connectivity index (χ2v) is 5.54. The molecule has 0 aliphatic carbocycles. The van der Waals surface area contributed by atoms with E-state index in [4.69, 9.17) is 16.3 Å². The molecule has 0 spiro atoms. The summed E-state index contributed by atoms with van der Waals surface area (Å²) in [7, 11) is 0. The summed E-state index contributed by atoms with van der Waals surface area (Å²) in [5.74, 6) is 0.00400. The molecule has 1 amide bonds. The zero-order chi connectivity index (χ0) is 17.1. The molecule has 124 valence electrons. The van der Waals surface area contributed by atoms with E-state index in [0.29, 0.717) is 21.2 Å². The molecule has 3 aromatic rings. The van der Waals surface area contributed by atoms with Crippen LogP contribution in [0, 0.1) is 0 Å². The number of aromatic amines is 1. The van der Waals surface area contributed by atoms with Crippen molar-refractivity contribution >= 4 is 28.4 Å². The summed E-state index contributed by atoms with van der Waals surface area (Å²) >= 11 is 6.09. The number of rotatable bonds is 5. The maximum Gasteiger partial charge on any atom is 0.296 e. The van der Waals surface area contributed by atoms with Crippen LogP contribution in [-0.4, -0.2) is 32.7 Å². The number of pyridine rings is 1. The molecule has 1 aromatic carbocycles. The summed E-state index contributed by atoms with van der Waals surface area (Å²) in [6.07, 6.45) is 3.28. The van der Waals surface area contributed by atoms with Crippen LogP contribution in [0.25, 0.3) is 10.9 Å². The molecule has 0 unspecified atom stereocenters. The van der Waals surface area contributed by atoms with Crippen LogP contribution in [0.4, 0.5) is 0 Å². The van der Waals surface area contributed by atoms with Gasteiger partial charge in [0, 0.05) is 35.4 Å². The minimum atomic E-state index is -0.554. The van der Waals surface area contributed by atoms with Crippen LogP contribution in [0.2, 0.25) is 5.02 Å². The van der Waals surface area contributed by atoms with E-state index in [9.17, 15) is 10.0 Å². The number of para-hydroxylation sites is 1. The fourth-order valence-corrected chi connectivity index (χ4v) is 2.59. The molecule has 7 heteroatoms. The Labute approximate surface area is 143 Å². The average Bonchev–Trinajstić information content (AvgIpc) is 3.03. The van der Waals surface area contributed by atoms with Crippen molar-refractivity contribution < 1.29 is 14.7 Å². The first-order chi connectivity index (χ1) is 11.6. The third-order valence-electron chi connectivity index (χ3n) is 3.63. The van der Waals surface area contributed by atoms with Gasteiger partial charge in [0.1, 0.15) is 18.1 Å². The molecule has 3 rings (SSSR count). The van der Waals surface area contributed by atoms with Crippen molar-refractivity contribution in [1.82, 2.24) is 15.0 Å². The SMILES string of the molecule is CCN(O)C(=O)c1nccc2[nH]cc(COc3ccccc3Cl)c12. The molecule has 0 fully saturated rings. The van der Waals surface area contributed by atoms with Gasteiger partial charge in [-0.05, 0) is 25.1 Å². The largest absolute Gasteiger partial charge is 0.487 e. The van der Waals surface area contributed by atoms with Gasteiger partial charge < -0.3 is 9.72 Å². The number of hydrogen-bond donors (Lipinski definition) is 2. The van der Waals surface area contributed by atoms with Crippen LogP contribution in [0.3, 0.4) is 0 Å². The zero-order valence-electron chi connectivity index (χ0n) is 13.0. The minimum Gasteiger partial charge on any atom is -0.487 e. The van der Waals surface area contributed by atoms with Crippen LogP contribution >= 0.6 is 11.6 Å². The van der Waals surface area contributed by atoms with Crippen molar-refractivity contribution in [2.75, 3.05) is 6.54 Å². The van der Waals surface area contributed by atoms with E-state index in [2.05, 4.69) is 9.97 Å². The molecule has 0 aliphatic heterocycles. The lowest BCUT2D eigenvalue weighted by Gasteiger charge is -2.13. The van der Waals surface area contributed by atoms with Gasteiger partial charge in [-0.3, -0.25) is 15.0 Å². The van der Waals surface area contributed by atoms with Crippen molar-refractivity contribution in [1.29, 1.82) is 0 Å². The van der Waals surface area contributed by atoms with Crippen LogP contribution in [0.1, 0.15) is 23.0 Å². The molecular weight excluding hydrogens is 330 g/mol. The molecular formula is C17H16ClN3O3. The smallest absolute Gasteiger partial charge is 0.296 e. The van der Waals surface area contributed by atoms with Gasteiger partial charge in [-0.1, -0.05) is 23.7 Å². The number of ether oxygens (including phenoxy) is 1. The van der Waals surface area contributed by atoms with Gasteiger partial charge in [-0.25, -0.2) is 5.06 Å². The molecule has 2 N–H and O–H groups in total. The van der Waals surface area contributed by atoms with E-state index < -0.39 is 5.91 Å². The molecule has 0 bridgehead atoms. The summed E-state index contributed by atoms with van der Waals surface area (Å²) < 4.78 is 5.74. The quantitative estimate of drug-likeness (QED) is 0.546. The highest BCUT2D eigenvalue weighted by atomic mass is 35.5. The zero-order valence-corrected chi connectivity index (χ0v) is 13.7. The van der Waals surface area contributed by atoms with E-state index in [1.165, 1.54) is 6.20 Å². The van der Waals surface area contributed by atoms with Crippen LogP contribution in [0.15, 0.2) is 42.7 Å². The Balaban J connectivity index is 1.94. The molecule has 0 aliphatic rings. The number of hydrogen-bond acceptors (Lipinski definition) is 4. The number of nitrogens with one attached hydrogen (secondary N) is 1. The lowest BCUT2D eigenvalue weighted by Crippen LogP contribution is -2.28. The van der Waals surface area contributed by atoms with Gasteiger partial charge in [0.15, 0.2) is 0 Å². The van der Waals surface area contributed by atoms with Crippen LogP contribution in [0.5, 0.6) is 5.75 Å². The molecule has 0 atom stereocenters. The summed E-state index contributed by atoms with van der Waals surface area (Å²) in [6.45, 7) is 2.07. The van der Waals surface area contributed by atoms with Crippen molar-refractivity contribution in [3.8, 4) is 5.75 Å². The number of carbonyl (C=O) groups excluding carboxylic acids is 1. The number of aromatic nitrogens is 2. The Kier molecular flexibility index (Phi) is 4.69.